The van der Waals surface area contributed by atoms with Crippen LogP contribution in [0.15, 0.2) is 48.7 Å². The second-order valence-corrected chi connectivity index (χ2v) is 4.49. The molecule has 0 fully saturated rings. The molecule has 104 valence electrons. The maximum absolute atomic E-state index is 11.8. The van der Waals surface area contributed by atoms with Gasteiger partial charge < -0.3 is 16.0 Å². The van der Waals surface area contributed by atoms with Crippen molar-refractivity contribution >= 4 is 17.3 Å². The van der Waals surface area contributed by atoms with Crippen LogP contribution in [0.4, 0.5) is 11.4 Å². The minimum absolute atomic E-state index is 0.188. The third-order valence-corrected chi connectivity index (χ3v) is 2.95. The molecule has 0 saturated carbocycles. The molecule has 0 aliphatic carbocycles. The first-order valence-electron chi connectivity index (χ1n) is 6.43. The summed E-state index contributed by atoms with van der Waals surface area (Å²) < 4.78 is 0. The van der Waals surface area contributed by atoms with Crippen LogP contribution >= 0.6 is 0 Å². The molecule has 0 radical (unpaired) electrons. The molecule has 1 aromatic heterocycles. The number of para-hydroxylation sites is 1. The summed E-state index contributed by atoms with van der Waals surface area (Å²) in [5.74, 6) is -0.188. The van der Waals surface area contributed by atoms with E-state index in [0.717, 1.165) is 12.2 Å². The molecule has 0 saturated heterocycles. The zero-order valence-electron chi connectivity index (χ0n) is 11.4. The van der Waals surface area contributed by atoms with Gasteiger partial charge in [-0.2, -0.15) is 0 Å². The molecule has 0 aliphatic rings. The Morgan fingerprint density at radius 3 is 2.65 bits per heavy atom. The number of carbonyl (C=O) groups excluding carboxylic acids is 1. The van der Waals surface area contributed by atoms with Gasteiger partial charge >= 0.3 is 0 Å². The molecule has 0 spiro atoms. The van der Waals surface area contributed by atoms with E-state index in [0.29, 0.717) is 17.9 Å². The average molecular weight is 270 g/mol. The molecule has 1 heterocycles. The zero-order chi connectivity index (χ0) is 14.4. The van der Waals surface area contributed by atoms with E-state index >= 15 is 0 Å². The number of nitrogens with one attached hydrogen (secondary N) is 1. The van der Waals surface area contributed by atoms with Crippen LogP contribution in [0.25, 0.3) is 0 Å². The highest BCUT2D eigenvalue weighted by Gasteiger charge is 2.06. The number of nitrogens with zero attached hydrogens (tertiary/aromatic N) is 2. The van der Waals surface area contributed by atoms with Gasteiger partial charge in [0.2, 0.25) is 0 Å². The van der Waals surface area contributed by atoms with Gasteiger partial charge in [-0.15, -0.1) is 0 Å². The van der Waals surface area contributed by atoms with E-state index in [1.807, 2.05) is 37.4 Å². The van der Waals surface area contributed by atoms with Gasteiger partial charge in [-0.25, -0.2) is 4.98 Å². The number of pyridine rings is 1. The lowest BCUT2D eigenvalue weighted by Gasteiger charge is -2.19. The highest BCUT2D eigenvalue weighted by Crippen LogP contribution is 2.09. The van der Waals surface area contributed by atoms with Crippen LogP contribution in [0.5, 0.6) is 0 Å². The lowest BCUT2D eigenvalue weighted by atomic mass is 10.3. The summed E-state index contributed by atoms with van der Waals surface area (Å²) in [5.41, 5.74) is 7.57. The van der Waals surface area contributed by atoms with Crippen molar-refractivity contribution in [3.8, 4) is 0 Å². The number of anilines is 2. The molecule has 2 rings (SSSR count). The lowest BCUT2D eigenvalue weighted by Crippen LogP contribution is -2.33. The van der Waals surface area contributed by atoms with E-state index in [9.17, 15) is 4.79 Å². The largest absolute Gasteiger partial charge is 0.397 e. The van der Waals surface area contributed by atoms with Gasteiger partial charge in [0, 0.05) is 25.8 Å². The number of benzene rings is 1. The summed E-state index contributed by atoms with van der Waals surface area (Å²) >= 11 is 0. The number of nitrogens with two attached hydrogens (primary N) is 1. The van der Waals surface area contributed by atoms with Crippen molar-refractivity contribution in [1.29, 1.82) is 0 Å². The molecule has 1 aromatic carbocycles. The molecule has 0 bridgehead atoms. The topological polar surface area (TPSA) is 71.2 Å². The van der Waals surface area contributed by atoms with Gasteiger partial charge in [-0.05, 0) is 24.3 Å². The van der Waals surface area contributed by atoms with Gasteiger partial charge in [0.05, 0.1) is 11.9 Å². The zero-order valence-corrected chi connectivity index (χ0v) is 11.4. The Bertz CT molecular complexity index is 554. The van der Waals surface area contributed by atoms with Crippen molar-refractivity contribution in [2.75, 3.05) is 30.8 Å². The molecular formula is C15H18N4O. The fraction of sp³-hybridized carbons (Fsp3) is 0.200. The van der Waals surface area contributed by atoms with Crippen LogP contribution in [0, 0.1) is 0 Å². The van der Waals surface area contributed by atoms with E-state index in [1.165, 1.54) is 6.20 Å². The van der Waals surface area contributed by atoms with Crippen LogP contribution in [0.2, 0.25) is 0 Å². The number of amides is 1. The summed E-state index contributed by atoms with van der Waals surface area (Å²) in [4.78, 5) is 17.9. The Hall–Kier alpha value is -2.56. The smallest absolute Gasteiger partial charge is 0.269 e. The summed E-state index contributed by atoms with van der Waals surface area (Å²) in [6, 6.07) is 13.3. The Morgan fingerprint density at radius 2 is 2.00 bits per heavy atom. The van der Waals surface area contributed by atoms with Crippen molar-refractivity contribution in [1.82, 2.24) is 10.3 Å². The molecule has 20 heavy (non-hydrogen) atoms. The van der Waals surface area contributed by atoms with Crippen molar-refractivity contribution in [3.05, 3.63) is 54.4 Å². The maximum atomic E-state index is 11.8. The van der Waals surface area contributed by atoms with Crippen LogP contribution in [0.1, 0.15) is 10.5 Å². The van der Waals surface area contributed by atoms with Crippen LogP contribution in [-0.2, 0) is 0 Å². The van der Waals surface area contributed by atoms with E-state index in [4.69, 9.17) is 5.73 Å². The van der Waals surface area contributed by atoms with Crippen molar-refractivity contribution in [3.63, 3.8) is 0 Å². The second kappa shape index (κ2) is 6.56. The number of aromatic nitrogens is 1. The molecule has 2 aromatic rings. The summed E-state index contributed by atoms with van der Waals surface area (Å²) in [6.45, 7) is 1.28. The van der Waals surface area contributed by atoms with Gasteiger partial charge in [0.15, 0.2) is 0 Å². The Balaban J connectivity index is 1.81. The minimum Gasteiger partial charge on any atom is -0.397 e. The first kappa shape index (κ1) is 13.9. The van der Waals surface area contributed by atoms with E-state index in [-0.39, 0.29) is 5.91 Å². The van der Waals surface area contributed by atoms with Gasteiger partial charge in [-0.1, -0.05) is 18.2 Å². The third-order valence-electron chi connectivity index (χ3n) is 2.95. The van der Waals surface area contributed by atoms with Crippen LogP contribution in [-0.4, -0.2) is 31.0 Å². The fourth-order valence-electron chi connectivity index (χ4n) is 1.78. The molecule has 0 aliphatic heterocycles. The molecule has 1 amide bonds. The van der Waals surface area contributed by atoms with E-state index < -0.39 is 0 Å². The van der Waals surface area contributed by atoms with Gasteiger partial charge in [0.25, 0.3) is 5.91 Å². The van der Waals surface area contributed by atoms with Crippen molar-refractivity contribution in [2.45, 2.75) is 0 Å². The highest BCUT2D eigenvalue weighted by atomic mass is 16.1. The Morgan fingerprint density at radius 1 is 1.25 bits per heavy atom. The number of rotatable bonds is 5. The minimum atomic E-state index is -0.188. The molecule has 0 atom stereocenters. The number of likely N-dealkylation sites (N-methyl/N-ethyl adjacent to an activating group) is 1. The van der Waals surface area contributed by atoms with E-state index in [2.05, 4.69) is 15.2 Å². The monoisotopic (exact) mass is 270 g/mol. The molecular weight excluding hydrogens is 252 g/mol. The molecule has 3 N–H and O–H groups in total. The van der Waals surface area contributed by atoms with Gasteiger partial charge in [0.1, 0.15) is 5.69 Å². The van der Waals surface area contributed by atoms with E-state index in [1.54, 1.807) is 12.1 Å². The second-order valence-electron chi connectivity index (χ2n) is 4.49. The quantitative estimate of drug-likeness (QED) is 0.864. The lowest BCUT2D eigenvalue weighted by molar-refractivity contribution is 0.0950. The summed E-state index contributed by atoms with van der Waals surface area (Å²) in [7, 11) is 1.99. The third kappa shape index (κ3) is 3.71. The first-order valence-corrected chi connectivity index (χ1v) is 6.43. The summed E-state index contributed by atoms with van der Waals surface area (Å²) in [5, 5.41) is 2.84. The predicted octanol–water partition coefficient (Wildman–Crippen LogP) is 1.53. The average Bonchev–Trinajstić information content (AvgIpc) is 2.48. The number of nitrogen functional groups attached to an aromatic ring is 1. The van der Waals surface area contributed by atoms with Crippen LogP contribution < -0.4 is 16.0 Å². The molecule has 0 unspecified atom stereocenters. The number of hydrogen-bond donors (Lipinski definition) is 2. The predicted molar refractivity (Wildman–Crippen MR) is 80.7 cm³/mol. The van der Waals surface area contributed by atoms with Crippen molar-refractivity contribution in [2.24, 2.45) is 0 Å². The number of hydrogen-bond acceptors (Lipinski definition) is 4. The van der Waals surface area contributed by atoms with Crippen LogP contribution in [0.3, 0.4) is 0 Å². The fourth-order valence-corrected chi connectivity index (χ4v) is 1.78. The summed E-state index contributed by atoms with van der Waals surface area (Å²) in [6.07, 6.45) is 1.48. The highest BCUT2D eigenvalue weighted by molar-refractivity contribution is 5.92. The molecule has 5 nitrogen and oxygen atoms in total. The maximum Gasteiger partial charge on any atom is 0.269 e. The SMILES string of the molecule is CN(CCNC(=O)c1ccc(N)cn1)c1ccccc1. The Labute approximate surface area is 118 Å². The normalized spacial score (nSPS) is 10.1. The van der Waals surface area contributed by atoms with Crippen molar-refractivity contribution < 1.29 is 4.79 Å². The van der Waals surface area contributed by atoms with Gasteiger partial charge in [-0.3, -0.25) is 4.79 Å². The Kier molecular flexibility index (Phi) is 4.55. The first-order chi connectivity index (χ1) is 9.66. The standard InChI is InChI=1S/C15H18N4O/c1-19(13-5-3-2-4-6-13)10-9-17-15(20)14-8-7-12(16)11-18-14/h2-8,11H,9-10,16H2,1H3,(H,17,20). The molecule has 5 heteroatoms. The number of carbonyl (C=O) groups is 1.